The first-order valence-electron chi connectivity index (χ1n) is 7.51. The standard InChI is InChI=1S/C16H23FN2/c1-2-12-4-3-5-16(17)15(12)11-19-9-8-13-6-7-14(10-19)18-13/h3-5,13-14,18H,2,6-11H2,1H3. The lowest BCUT2D eigenvalue weighted by Crippen LogP contribution is -2.35. The van der Waals surface area contributed by atoms with E-state index >= 15 is 0 Å². The van der Waals surface area contributed by atoms with Gasteiger partial charge >= 0.3 is 0 Å². The fraction of sp³-hybridized carbons (Fsp3) is 0.625. The SMILES string of the molecule is CCc1cccc(F)c1CN1CCC2CCC(C1)N2. The van der Waals surface area contributed by atoms with Crippen LogP contribution in [0.2, 0.25) is 0 Å². The lowest BCUT2D eigenvalue weighted by atomic mass is 10.0. The average Bonchev–Trinajstić information content (AvgIpc) is 2.74. The van der Waals surface area contributed by atoms with Crippen molar-refractivity contribution in [3.05, 3.63) is 35.1 Å². The monoisotopic (exact) mass is 262 g/mol. The van der Waals surface area contributed by atoms with Crippen molar-refractivity contribution in [3.63, 3.8) is 0 Å². The highest BCUT2D eigenvalue weighted by Gasteiger charge is 2.29. The Hall–Kier alpha value is -0.930. The molecule has 1 N–H and O–H groups in total. The molecule has 0 spiro atoms. The van der Waals surface area contributed by atoms with Crippen molar-refractivity contribution in [1.29, 1.82) is 0 Å². The second kappa shape index (κ2) is 5.59. The van der Waals surface area contributed by atoms with Crippen LogP contribution in [0.15, 0.2) is 18.2 Å². The van der Waals surface area contributed by atoms with E-state index in [2.05, 4.69) is 23.2 Å². The predicted octanol–water partition coefficient (Wildman–Crippen LogP) is 2.71. The van der Waals surface area contributed by atoms with Gasteiger partial charge in [-0.25, -0.2) is 4.39 Å². The minimum atomic E-state index is -0.0401. The zero-order chi connectivity index (χ0) is 13.2. The maximum Gasteiger partial charge on any atom is 0.127 e. The summed E-state index contributed by atoms with van der Waals surface area (Å²) in [6, 6.07) is 6.78. The molecule has 2 saturated heterocycles. The van der Waals surface area contributed by atoms with Gasteiger partial charge in [-0.1, -0.05) is 19.1 Å². The van der Waals surface area contributed by atoms with Crippen LogP contribution in [0.5, 0.6) is 0 Å². The van der Waals surface area contributed by atoms with E-state index in [-0.39, 0.29) is 5.82 Å². The summed E-state index contributed by atoms with van der Waals surface area (Å²) in [5, 5.41) is 3.68. The molecule has 0 amide bonds. The lowest BCUT2D eigenvalue weighted by Gasteiger charge is -2.25. The Bertz CT molecular complexity index is 446. The van der Waals surface area contributed by atoms with Crippen LogP contribution in [0.3, 0.4) is 0 Å². The molecule has 1 aromatic carbocycles. The molecule has 19 heavy (non-hydrogen) atoms. The van der Waals surface area contributed by atoms with Gasteiger partial charge in [-0.2, -0.15) is 0 Å². The Balaban J connectivity index is 1.74. The third-order valence-electron chi connectivity index (χ3n) is 4.59. The number of benzene rings is 1. The molecule has 0 aromatic heterocycles. The minimum Gasteiger partial charge on any atom is -0.310 e. The number of hydrogen-bond acceptors (Lipinski definition) is 2. The van der Waals surface area contributed by atoms with Crippen molar-refractivity contribution in [1.82, 2.24) is 10.2 Å². The van der Waals surface area contributed by atoms with Crippen LogP contribution < -0.4 is 5.32 Å². The highest BCUT2D eigenvalue weighted by molar-refractivity contribution is 5.28. The minimum absolute atomic E-state index is 0.0401. The Kier molecular flexibility index (Phi) is 3.85. The molecular formula is C16H23FN2. The summed E-state index contributed by atoms with van der Waals surface area (Å²) < 4.78 is 14.0. The number of fused-ring (bicyclic) bond motifs is 2. The molecule has 2 nitrogen and oxygen atoms in total. The molecule has 2 bridgehead atoms. The molecule has 2 unspecified atom stereocenters. The topological polar surface area (TPSA) is 15.3 Å². The lowest BCUT2D eigenvalue weighted by molar-refractivity contribution is 0.247. The highest BCUT2D eigenvalue weighted by Crippen LogP contribution is 2.23. The zero-order valence-electron chi connectivity index (χ0n) is 11.7. The van der Waals surface area contributed by atoms with E-state index in [0.29, 0.717) is 12.1 Å². The van der Waals surface area contributed by atoms with E-state index in [0.717, 1.165) is 37.2 Å². The van der Waals surface area contributed by atoms with E-state index < -0.39 is 0 Å². The van der Waals surface area contributed by atoms with Crippen molar-refractivity contribution in [3.8, 4) is 0 Å². The maximum atomic E-state index is 14.0. The van der Waals surface area contributed by atoms with Gasteiger partial charge in [0.25, 0.3) is 0 Å². The molecule has 2 heterocycles. The van der Waals surface area contributed by atoms with Gasteiger partial charge in [-0.05, 0) is 37.3 Å². The van der Waals surface area contributed by atoms with Crippen LogP contribution in [-0.2, 0) is 13.0 Å². The second-order valence-electron chi connectivity index (χ2n) is 5.89. The normalized spacial score (nSPS) is 27.5. The molecule has 104 valence electrons. The van der Waals surface area contributed by atoms with E-state index in [9.17, 15) is 4.39 Å². The summed E-state index contributed by atoms with van der Waals surface area (Å²) in [4.78, 5) is 2.42. The zero-order valence-corrected chi connectivity index (χ0v) is 11.7. The van der Waals surface area contributed by atoms with Gasteiger partial charge < -0.3 is 5.32 Å². The quantitative estimate of drug-likeness (QED) is 0.901. The van der Waals surface area contributed by atoms with Gasteiger partial charge in [0, 0.05) is 37.3 Å². The Labute approximate surface area is 115 Å². The van der Waals surface area contributed by atoms with Gasteiger partial charge in [0.1, 0.15) is 5.82 Å². The van der Waals surface area contributed by atoms with Crippen LogP contribution >= 0.6 is 0 Å². The molecule has 2 aliphatic rings. The number of hydrogen-bond donors (Lipinski definition) is 1. The average molecular weight is 262 g/mol. The smallest absolute Gasteiger partial charge is 0.127 e. The molecular weight excluding hydrogens is 239 g/mol. The van der Waals surface area contributed by atoms with Gasteiger partial charge in [-0.15, -0.1) is 0 Å². The Morgan fingerprint density at radius 1 is 1.26 bits per heavy atom. The molecule has 1 aromatic rings. The van der Waals surface area contributed by atoms with E-state index in [1.165, 1.54) is 19.3 Å². The number of aryl methyl sites for hydroxylation is 1. The van der Waals surface area contributed by atoms with Crippen LogP contribution in [0.1, 0.15) is 37.3 Å². The molecule has 0 radical (unpaired) electrons. The third-order valence-corrected chi connectivity index (χ3v) is 4.59. The molecule has 0 saturated carbocycles. The molecule has 3 rings (SSSR count). The predicted molar refractivity (Wildman–Crippen MR) is 75.6 cm³/mol. The molecule has 3 heteroatoms. The molecule has 2 fully saturated rings. The van der Waals surface area contributed by atoms with E-state index in [1.54, 1.807) is 6.07 Å². The summed E-state index contributed by atoms with van der Waals surface area (Å²) in [6.07, 6.45) is 4.70. The van der Waals surface area contributed by atoms with Crippen LogP contribution in [0.4, 0.5) is 4.39 Å². The first-order chi connectivity index (χ1) is 9.26. The fourth-order valence-corrected chi connectivity index (χ4v) is 3.49. The number of halogens is 1. The first kappa shape index (κ1) is 13.1. The van der Waals surface area contributed by atoms with Crippen LogP contribution in [0, 0.1) is 5.82 Å². The Morgan fingerprint density at radius 2 is 2.11 bits per heavy atom. The molecule has 2 aliphatic heterocycles. The van der Waals surface area contributed by atoms with Gasteiger partial charge in [0.05, 0.1) is 0 Å². The maximum absolute atomic E-state index is 14.0. The molecule has 0 aliphatic carbocycles. The van der Waals surface area contributed by atoms with Gasteiger partial charge in [0.2, 0.25) is 0 Å². The summed E-state index contributed by atoms with van der Waals surface area (Å²) in [5.41, 5.74) is 2.06. The van der Waals surface area contributed by atoms with E-state index in [4.69, 9.17) is 0 Å². The van der Waals surface area contributed by atoms with Gasteiger partial charge in [0.15, 0.2) is 0 Å². The second-order valence-corrected chi connectivity index (χ2v) is 5.89. The van der Waals surface area contributed by atoms with Crippen molar-refractivity contribution >= 4 is 0 Å². The summed E-state index contributed by atoms with van der Waals surface area (Å²) in [7, 11) is 0. The summed E-state index contributed by atoms with van der Waals surface area (Å²) >= 11 is 0. The van der Waals surface area contributed by atoms with Crippen molar-refractivity contribution in [2.45, 2.75) is 51.2 Å². The van der Waals surface area contributed by atoms with E-state index in [1.807, 2.05) is 6.07 Å². The first-order valence-corrected chi connectivity index (χ1v) is 7.51. The van der Waals surface area contributed by atoms with Crippen molar-refractivity contribution in [2.75, 3.05) is 13.1 Å². The Morgan fingerprint density at radius 3 is 2.95 bits per heavy atom. The largest absolute Gasteiger partial charge is 0.310 e. The number of likely N-dealkylation sites (tertiary alicyclic amines) is 1. The number of nitrogens with zero attached hydrogens (tertiary/aromatic N) is 1. The van der Waals surface area contributed by atoms with Gasteiger partial charge in [-0.3, -0.25) is 4.90 Å². The fourth-order valence-electron chi connectivity index (χ4n) is 3.49. The highest BCUT2D eigenvalue weighted by atomic mass is 19.1. The van der Waals surface area contributed by atoms with Crippen molar-refractivity contribution < 1.29 is 4.39 Å². The van der Waals surface area contributed by atoms with Crippen LogP contribution in [0.25, 0.3) is 0 Å². The number of nitrogens with one attached hydrogen (secondary N) is 1. The third kappa shape index (κ3) is 2.82. The number of rotatable bonds is 3. The molecule has 2 atom stereocenters. The summed E-state index contributed by atoms with van der Waals surface area (Å²) in [5.74, 6) is -0.0401. The van der Waals surface area contributed by atoms with Crippen molar-refractivity contribution in [2.24, 2.45) is 0 Å². The van der Waals surface area contributed by atoms with Crippen LogP contribution in [-0.4, -0.2) is 30.1 Å². The summed E-state index contributed by atoms with van der Waals surface area (Å²) in [6.45, 7) is 5.02.